The second-order valence-electron chi connectivity index (χ2n) is 5.09. The molecule has 0 aliphatic carbocycles. The molecule has 0 amide bonds. The number of carbonyl (C=O) groups is 1. The highest BCUT2D eigenvalue weighted by Crippen LogP contribution is 2.22. The first-order chi connectivity index (χ1) is 9.58. The van der Waals surface area contributed by atoms with E-state index in [9.17, 15) is 4.79 Å². The number of hydrogen-bond donors (Lipinski definition) is 1. The lowest BCUT2D eigenvalue weighted by molar-refractivity contribution is -0.140. The molecule has 0 spiro atoms. The van der Waals surface area contributed by atoms with Gasteiger partial charge in [0.25, 0.3) is 0 Å². The van der Waals surface area contributed by atoms with Crippen molar-refractivity contribution in [2.75, 3.05) is 25.1 Å². The third kappa shape index (κ3) is 5.11. The van der Waals surface area contributed by atoms with Crippen LogP contribution in [0.4, 0.5) is 5.69 Å². The third-order valence-corrected chi connectivity index (χ3v) is 3.37. The number of carboxylic acids is 1. The fraction of sp³-hybridized carbons (Fsp3) is 0.562. The van der Waals surface area contributed by atoms with Crippen LogP contribution in [0.3, 0.4) is 0 Å². The summed E-state index contributed by atoms with van der Waals surface area (Å²) in [5.41, 5.74) is 1.02. The van der Waals surface area contributed by atoms with Gasteiger partial charge in [0.1, 0.15) is 5.75 Å². The Hall–Kier alpha value is -1.71. The molecule has 4 heteroatoms. The zero-order valence-corrected chi connectivity index (χ0v) is 12.6. The molecule has 4 nitrogen and oxygen atoms in total. The fourth-order valence-corrected chi connectivity index (χ4v) is 2.09. The molecule has 0 bridgehead atoms. The van der Waals surface area contributed by atoms with Crippen LogP contribution in [0, 0.1) is 5.92 Å². The van der Waals surface area contributed by atoms with E-state index in [1.165, 1.54) is 0 Å². The molecule has 1 aromatic rings. The first-order valence-electron chi connectivity index (χ1n) is 7.20. The zero-order valence-electron chi connectivity index (χ0n) is 12.6. The molecule has 0 aromatic heterocycles. The first-order valence-corrected chi connectivity index (χ1v) is 7.20. The molecule has 1 rings (SSSR count). The van der Waals surface area contributed by atoms with E-state index in [1.54, 1.807) is 14.0 Å². The normalized spacial score (nSPS) is 11.9. The molecular formula is C16H25NO3. The molecule has 0 radical (unpaired) electrons. The van der Waals surface area contributed by atoms with Crippen molar-refractivity contribution in [3.63, 3.8) is 0 Å². The number of carboxylic acid groups (broad SMARTS) is 1. The summed E-state index contributed by atoms with van der Waals surface area (Å²) in [4.78, 5) is 13.2. The van der Waals surface area contributed by atoms with Crippen LogP contribution in [-0.2, 0) is 4.79 Å². The number of unbranched alkanes of at least 4 members (excludes halogenated alkanes) is 2. The molecule has 112 valence electrons. The van der Waals surface area contributed by atoms with E-state index in [-0.39, 0.29) is 5.92 Å². The van der Waals surface area contributed by atoms with Crippen LogP contribution in [0.2, 0.25) is 0 Å². The standard InChI is InChI=1S/C16H25NO3/c1-4-5-6-10-17(12-13(2)16(18)19)14-8-7-9-15(11-14)20-3/h7-9,11,13H,4-6,10,12H2,1-3H3,(H,18,19). The van der Waals surface area contributed by atoms with Gasteiger partial charge in [0.15, 0.2) is 0 Å². The Labute approximate surface area is 121 Å². The molecule has 0 saturated heterocycles. The number of hydrogen-bond acceptors (Lipinski definition) is 3. The van der Waals surface area contributed by atoms with Crippen LogP contribution in [0.25, 0.3) is 0 Å². The Morgan fingerprint density at radius 2 is 2.15 bits per heavy atom. The molecule has 1 aromatic carbocycles. The van der Waals surface area contributed by atoms with Crippen molar-refractivity contribution in [2.24, 2.45) is 5.92 Å². The number of aliphatic carboxylic acids is 1. The van der Waals surface area contributed by atoms with Crippen LogP contribution in [0.15, 0.2) is 24.3 Å². The minimum atomic E-state index is -0.756. The SMILES string of the molecule is CCCCCN(CC(C)C(=O)O)c1cccc(OC)c1. The molecule has 0 saturated carbocycles. The fourth-order valence-electron chi connectivity index (χ4n) is 2.09. The monoisotopic (exact) mass is 279 g/mol. The van der Waals surface area contributed by atoms with E-state index in [1.807, 2.05) is 24.3 Å². The number of methoxy groups -OCH3 is 1. The maximum Gasteiger partial charge on any atom is 0.308 e. The van der Waals surface area contributed by atoms with Gasteiger partial charge in [0, 0.05) is 24.8 Å². The molecule has 0 aliphatic rings. The highest BCUT2D eigenvalue weighted by molar-refractivity contribution is 5.70. The minimum Gasteiger partial charge on any atom is -0.497 e. The maximum absolute atomic E-state index is 11.1. The van der Waals surface area contributed by atoms with E-state index in [0.29, 0.717) is 6.54 Å². The van der Waals surface area contributed by atoms with E-state index in [4.69, 9.17) is 9.84 Å². The smallest absolute Gasteiger partial charge is 0.308 e. The lowest BCUT2D eigenvalue weighted by Gasteiger charge is -2.27. The molecule has 20 heavy (non-hydrogen) atoms. The summed E-state index contributed by atoms with van der Waals surface area (Å²) >= 11 is 0. The molecule has 1 N–H and O–H groups in total. The molecular weight excluding hydrogens is 254 g/mol. The quantitative estimate of drug-likeness (QED) is 0.704. The average Bonchev–Trinajstić information content (AvgIpc) is 2.46. The van der Waals surface area contributed by atoms with Gasteiger partial charge in [-0.1, -0.05) is 32.8 Å². The summed E-state index contributed by atoms with van der Waals surface area (Å²) < 4.78 is 5.24. The van der Waals surface area contributed by atoms with E-state index < -0.39 is 5.97 Å². The van der Waals surface area contributed by atoms with Crippen LogP contribution < -0.4 is 9.64 Å². The molecule has 0 aliphatic heterocycles. The zero-order chi connectivity index (χ0) is 15.0. The van der Waals surface area contributed by atoms with Crippen molar-refractivity contribution in [1.82, 2.24) is 0 Å². The largest absolute Gasteiger partial charge is 0.497 e. The number of rotatable bonds is 9. The van der Waals surface area contributed by atoms with Crippen molar-refractivity contribution in [2.45, 2.75) is 33.1 Å². The van der Waals surface area contributed by atoms with Crippen molar-refractivity contribution < 1.29 is 14.6 Å². The topological polar surface area (TPSA) is 49.8 Å². The maximum atomic E-state index is 11.1. The van der Waals surface area contributed by atoms with E-state index in [0.717, 1.165) is 37.2 Å². The Bertz CT molecular complexity index is 420. The highest BCUT2D eigenvalue weighted by atomic mass is 16.5. The third-order valence-electron chi connectivity index (χ3n) is 3.37. The van der Waals surface area contributed by atoms with Crippen molar-refractivity contribution in [1.29, 1.82) is 0 Å². The highest BCUT2D eigenvalue weighted by Gasteiger charge is 2.16. The van der Waals surface area contributed by atoms with Crippen LogP contribution in [0.1, 0.15) is 33.1 Å². The molecule has 1 unspecified atom stereocenters. The molecule has 0 heterocycles. The number of nitrogens with zero attached hydrogens (tertiary/aromatic N) is 1. The first kappa shape index (κ1) is 16.3. The van der Waals surface area contributed by atoms with Gasteiger partial charge in [-0.3, -0.25) is 4.79 Å². The summed E-state index contributed by atoms with van der Waals surface area (Å²) in [6.07, 6.45) is 3.38. The Balaban J connectivity index is 2.81. The van der Waals surface area contributed by atoms with Gasteiger partial charge in [-0.2, -0.15) is 0 Å². The Morgan fingerprint density at radius 1 is 1.40 bits per heavy atom. The van der Waals surface area contributed by atoms with Gasteiger partial charge in [-0.15, -0.1) is 0 Å². The number of benzene rings is 1. The van der Waals surface area contributed by atoms with E-state index >= 15 is 0 Å². The van der Waals surface area contributed by atoms with Gasteiger partial charge in [0.2, 0.25) is 0 Å². The predicted molar refractivity (Wildman–Crippen MR) is 81.5 cm³/mol. The summed E-state index contributed by atoms with van der Waals surface area (Å²) in [5, 5.41) is 9.10. The summed E-state index contributed by atoms with van der Waals surface area (Å²) in [7, 11) is 1.64. The molecule has 0 fully saturated rings. The number of ether oxygens (including phenoxy) is 1. The second kappa shape index (κ2) is 8.46. The van der Waals surface area contributed by atoms with Crippen LogP contribution in [-0.4, -0.2) is 31.3 Å². The summed E-state index contributed by atoms with van der Waals surface area (Å²) in [6.45, 7) is 5.30. The lowest BCUT2D eigenvalue weighted by atomic mass is 10.1. The van der Waals surface area contributed by atoms with Crippen LogP contribution >= 0.6 is 0 Å². The van der Waals surface area contributed by atoms with Crippen molar-refractivity contribution in [3.8, 4) is 5.75 Å². The molecule has 1 atom stereocenters. The summed E-state index contributed by atoms with van der Waals surface area (Å²) in [6, 6.07) is 7.80. The second-order valence-corrected chi connectivity index (χ2v) is 5.09. The average molecular weight is 279 g/mol. The lowest BCUT2D eigenvalue weighted by Crippen LogP contribution is -2.32. The number of anilines is 1. The van der Waals surface area contributed by atoms with Crippen LogP contribution in [0.5, 0.6) is 5.75 Å². The Morgan fingerprint density at radius 3 is 2.75 bits per heavy atom. The minimum absolute atomic E-state index is 0.386. The Kier molecular flexibility index (Phi) is 6.91. The van der Waals surface area contributed by atoms with Gasteiger partial charge < -0.3 is 14.7 Å². The van der Waals surface area contributed by atoms with Gasteiger partial charge >= 0.3 is 5.97 Å². The van der Waals surface area contributed by atoms with Gasteiger partial charge in [0.05, 0.1) is 13.0 Å². The van der Waals surface area contributed by atoms with Crippen molar-refractivity contribution in [3.05, 3.63) is 24.3 Å². The summed E-state index contributed by atoms with van der Waals surface area (Å²) in [5.74, 6) is -0.345. The predicted octanol–water partition coefficient (Wildman–Crippen LogP) is 3.41. The van der Waals surface area contributed by atoms with Gasteiger partial charge in [-0.05, 0) is 18.6 Å². The van der Waals surface area contributed by atoms with Crippen molar-refractivity contribution >= 4 is 11.7 Å². The van der Waals surface area contributed by atoms with E-state index in [2.05, 4.69) is 11.8 Å². The van der Waals surface area contributed by atoms with Gasteiger partial charge in [-0.25, -0.2) is 0 Å².